The summed E-state index contributed by atoms with van der Waals surface area (Å²) >= 11 is 1.57. The number of methoxy groups -OCH3 is 2. The van der Waals surface area contributed by atoms with Crippen molar-refractivity contribution in [1.82, 2.24) is 10.3 Å². The van der Waals surface area contributed by atoms with E-state index >= 15 is 0 Å². The van der Waals surface area contributed by atoms with Gasteiger partial charge in [0, 0.05) is 25.4 Å². The van der Waals surface area contributed by atoms with Crippen LogP contribution >= 0.6 is 11.3 Å². The lowest BCUT2D eigenvalue weighted by Crippen LogP contribution is -2.21. The summed E-state index contributed by atoms with van der Waals surface area (Å²) in [5.74, 6) is 1.27. The molecule has 1 unspecified atom stereocenters. The Labute approximate surface area is 122 Å². The van der Waals surface area contributed by atoms with Gasteiger partial charge in [-0.2, -0.15) is 11.3 Å². The number of aliphatic hydroxyl groups is 1. The smallest absolute Gasteiger partial charge is 0.183 e. The summed E-state index contributed by atoms with van der Waals surface area (Å²) in [6.45, 7) is 0.959. The van der Waals surface area contributed by atoms with Crippen LogP contribution in [0.15, 0.2) is 29.1 Å². The molecule has 108 valence electrons. The molecule has 0 saturated carbocycles. The molecule has 2 aromatic heterocycles. The van der Waals surface area contributed by atoms with Crippen LogP contribution in [-0.4, -0.2) is 30.9 Å². The number of aromatic nitrogens is 1. The van der Waals surface area contributed by atoms with E-state index in [0.29, 0.717) is 24.6 Å². The normalized spacial score (nSPS) is 12.2. The van der Waals surface area contributed by atoms with Gasteiger partial charge in [0.1, 0.15) is 0 Å². The molecule has 0 amide bonds. The van der Waals surface area contributed by atoms with E-state index in [9.17, 15) is 5.11 Å². The quantitative estimate of drug-likeness (QED) is 0.817. The minimum atomic E-state index is -0.516. The zero-order valence-corrected chi connectivity index (χ0v) is 12.3. The number of pyridine rings is 1. The van der Waals surface area contributed by atoms with Gasteiger partial charge in [0.15, 0.2) is 11.5 Å². The molecule has 1 atom stereocenters. The predicted octanol–water partition coefficient (Wildman–Crippen LogP) is 1.98. The summed E-state index contributed by atoms with van der Waals surface area (Å²) in [4.78, 5) is 4.27. The first-order chi connectivity index (χ1) is 9.76. The van der Waals surface area contributed by atoms with Crippen molar-refractivity contribution in [2.75, 3.05) is 20.8 Å². The number of nitrogens with one attached hydrogen (secondary N) is 1. The molecule has 0 aliphatic rings. The highest BCUT2D eigenvalue weighted by Crippen LogP contribution is 2.28. The Kier molecular flexibility index (Phi) is 5.34. The number of aliphatic hydroxyl groups excluding tert-OH is 1. The fourth-order valence-electron chi connectivity index (χ4n) is 1.89. The van der Waals surface area contributed by atoms with Crippen molar-refractivity contribution >= 4 is 11.3 Å². The van der Waals surface area contributed by atoms with E-state index in [0.717, 1.165) is 11.3 Å². The second kappa shape index (κ2) is 7.23. The Morgan fingerprint density at radius 3 is 2.85 bits per heavy atom. The van der Waals surface area contributed by atoms with Gasteiger partial charge in [0.05, 0.1) is 26.0 Å². The average molecular weight is 294 g/mol. The Balaban J connectivity index is 1.94. The molecular weight excluding hydrogens is 276 g/mol. The highest BCUT2D eigenvalue weighted by atomic mass is 32.1. The van der Waals surface area contributed by atoms with Crippen LogP contribution in [0.2, 0.25) is 0 Å². The van der Waals surface area contributed by atoms with E-state index in [1.165, 1.54) is 0 Å². The largest absolute Gasteiger partial charge is 0.493 e. The molecule has 2 rings (SSSR count). The van der Waals surface area contributed by atoms with Gasteiger partial charge in [-0.05, 0) is 22.4 Å². The zero-order valence-electron chi connectivity index (χ0n) is 11.5. The van der Waals surface area contributed by atoms with Gasteiger partial charge >= 0.3 is 0 Å². The first-order valence-electron chi connectivity index (χ1n) is 6.23. The Morgan fingerprint density at radius 1 is 1.35 bits per heavy atom. The number of hydrogen-bond donors (Lipinski definition) is 2. The lowest BCUT2D eigenvalue weighted by atomic mass is 10.2. The Bertz CT molecular complexity index is 531. The maximum Gasteiger partial charge on any atom is 0.183 e. The van der Waals surface area contributed by atoms with Gasteiger partial charge < -0.3 is 19.9 Å². The number of thiophene rings is 1. The second-order valence-electron chi connectivity index (χ2n) is 4.20. The summed E-state index contributed by atoms with van der Waals surface area (Å²) in [6, 6.07) is 3.67. The molecule has 0 aromatic carbocycles. The summed E-state index contributed by atoms with van der Waals surface area (Å²) in [6.07, 6.45) is 1.16. The SMILES string of the molecule is COc1ccnc(CNCC(O)c2ccsc2)c1OC. The number of hydrogen-bond acceptors (Lipinski definition) is 6. The van der Waals surface area contributed by atoms with Crippen molar-refractivity contribution in [3.8, 4) is 11.5 Å². The molecule has 0 bridgehead atoms. The van der Waals surface area contributed by atoms with E-state index in [-0.39, 0.29) is 0 Å². The molecule has 0 aliphatic heterocycles. The average Bonchev–Trinajstić information content (AvgIpc) is 3.01. The fourth-order valence-corrected chi connectivity index (χ4v) is 2.59. The van der Waals surface area contributed by atoms with Crippen molar-refractivity contribution in [3.05, 3.63) is 40.3 Å². The standard InChI is InChI=1S/C14H18N2O3S/c1-18-13-3-5-16-11(14(13)19-2)7-15-8-12(17)10-4-6-20-9-10/h3-6,9,12,15,17H,7-8H2,1-2H3. The van der Waals surface area contributed by atoms with E-state index in [4.69, 9.17) is 9.47 Å². The van der Waals surface area contributed by atoms with Crippen molar-refractivity contribution < 1.29 is 14.6 Å². The molecular formula is C14H18N2O3S. The third-order valence-electron chi connectivity index (χ3n) is 2.92. The maximum atomic E-state index is 9.98. The van der Waals surface area contributed by atoms with Gasteiger partial charge in [-0.15, -0.1) is 0 Å². The molecule has 2 heterocycles. The highest BCUT2D eigenvalue weighted by molar-refractivity contribution is 7.07. The molecule has 20 heavy (non-hydrogen) atoms. The Hall–Kier alpha value is -1.63. The molecule has 6 heteroatoms. The molecule has 0 fully saturated rings. The van der Waals surface area contributed by atoms with Gasteiger partial charge in [-0.3, -0.25) is 4.98 Å². The van der Waals surface area contributed by atoms with Crippen LogP contribution in [0, 0.1) is 0 Å². The highest BCUT2D eigenvalue weighted by Gasteiger charge is 2.12. The summed E-state index contributed by atoms with van der Waals surface area (Å²) in [7, 11) is 3.18. The van der Waals surface area contributed by atoms with Crippen molar-refractivity contribution in [2.24, 2.45) is 0 Å². The molecule has 0 saturated heterocycles. The van der Waals surface area contributed by atoms with Gasteiger partial charge in [-0.1, -0.05) is 0 Å². The van der Waals surface area contributed by atoms with Crippen LogP contribution in [-0.2, 0) is 6.54 Å². The van der Waals surface area contributed by atoms with Gasteiger partial charge in [-0.25, -0.2) is 0 Å². The number of ether oxygens (including phenoxy) is 2. The first kappa shape index (κ1) is 14.8. The molecule has 2 aromatic rings. The lowest BCUT2D eigenvalue weighted by molar-refractivity contribution is 0.174. The number of rotatable bonds is 7. The van der Waals surface area contributed by atoms with Crippen molar-refractivity contribution in [1.29, 1.82) is 0 Å². The van der Waals surface area contributed by atoms with Gasteiger partial charge in [0.25, 0.3) is 0 Å². The third kappa shape index (κ3) is 3.47. The van der Waals surface area contributed by atoms with Crippen LogP contribution < -0.4 is 14.8 Å². The summed E-state index contributed by atoms with van der Waals surface area (Å²) in [5.41, 5.74) is 1.68. The van der Waals surface area contributed by atoms with Crippen molar-refractivity contribution in [3.63, 3.8) is 0 Å². The van der Waals surface area contributed by atoms with Crippen LogP contribution in [0.25, 0.3) is 0 Å². The third-order valence-corrected chi connectivity index (χ3v) is 3.63. The predicted molar refractivity (Wildman–Crippen MR) is 78.3 cm³/mol. The Morgan fingerprint density at radius 2 is 2.20 bits per heavy atom. The van der Waals surface area contributed by atoms with E-state index in [1.807, 2.05) is 16.8 Å². The maximum absolute atomic E-state index is 9.98. The van der Waals surface area contributed by atoms with E-state index < -0.39 is 6.10 Å². The topological polar surface area (TPSA) is 63.6 Å². The zero-order chi connectivity index (χ0) is 14.4. The summed E-state index contributed by atoms with van der Waals surface area (Å²) < 4.78 is 10.5. The minimum absolute atomic E-state index is 0.457. The van der Waals surface area contributed by atoms with Gasteiger partial charge in [0.2, 0.25) is 0 Å². The molecule has 0 aliphatic carbocycles. The van der Waals surface area contributed by atoms with E-state index in [1.54, 1.807) is 37.8 Å². The van der Waals surface area contributed by atoms with Crippen LogP contribution in [0.5, 0.6) is 11.5 Å². The molecule has 0 spiro atoms. The molecule has 5 nitrogen and oxygen atoms in total. The van der Waals surface area contributed by atoms with Crippen molar-refractivity contribution in [2.45, 2.75) is 12.6 Å². The summed E-state index contributed by atoms with van der Waals surface area (Å²) in [5, 5.41) is 17.0. The first-order valence-corrected chi connectivity index (χ1v) is 7.17. The second-order valence-corrected chi connectivity index (χ2v) is 4.98. The van der Waals surface area contributed by atoms with Crippen LogP contribution in [0.1, 0.15) is 17.4 Å². The van der Waals surface area contributed by atoms with Crippen LogP contribution in [0.4, 0.5) is 0 Å². The van der Waals surface area contributed by atoms with E-state index in [2.05, 4.69) is 10.3 Å². The van der Waals surface area contributed by atoms with Crippen LogP contribution in [0.3, 0.4) is 0 Å². The molecule has 2 N–H and O–H groups in total. The monoisotopic (exact) mass is 294 g/mol. The molecule has 0 radical (unpaired) electrons. The fraction of sp³-hybridized carbons (Fsp3) is 0.357. The number of nitrogens with zero attached hydrogens (tertiary/aromatic N) is 1. The minimum Gasteiger partial charge on any atom is -0.493 e. The lowest BCUT2D eigenvalue weighted by Gasteiger charge is -2.13.